The van der Waals surface area contributed by atoms with Gasteiger partial charge < -0.3 is 20.4 Å². The van der Waals surface area contributed by atoms with Crippen LogP contribution in [-0.4, -0.2) is 51.8 Å². The topological polar surface area (TPSA) is 89.9 Å². The molecule has 0 spiro atoms. The predicted octanol–water partition coefficient (Wildman–Crippen LogP) is 0.794. The molecule has 6 nitrogen and oxygen atoms in total. The molecule has 1 rings (SSSR count). The summed E-state index contributed by atoms with van der Waals surface area (Å²) in [4.78, 5) is 24.2. The molecule has 1 aliphatic heterocycles. The fourth-order valence-corrected chi connectivity index (χ4v) is 2.35. The molecular weight excluding hydrogens is 236 g/mol. The fourth-order valence-electron chi connectivity index (χ4n) is 2.35. The number of likely N-dealkylation sites (tertiary alicyclic amines) is 1. The van der Waals surface area contributed by atoms with Crippen LogP contribution in [0, 0.1) is 0 Å². The maximum atomic E-state index is 12.0. The number of piperidine rings is 1. The lowest BCUT2D eigenvalue weighted by molar-refractivity contribution is -0.146. The van der Waals surface area contributed by atoms with E-state index in [9.17, 15) is 9.59 Å². The van der Waals surface area contributed by atoms with Crippen molar-refractivity contribution < 1.29 is 19.8 Å². The maximum Gasteiger partial charge on any atom is 0.332 e. The van der Waals surface area contributed by atoms with E-state index in [0.717, 1.165) is 19.3 Å². The molecule has 104 valence electrons. The number of carboxylic acid groups (broad SMARTS) is 1. The number of urea groups is 1. The van der Waals surface area contributed by atoms with Crippen molar-refractivity contribution in [2.45, 2.75) is 57.7 Å². The van der Waals surface area contributed by atoms with Gasteiger partial charge in [0.1, 0.15) is 0 Å². The van der Waals surface area contributed by atoms with E-state index in [1.165, 1.54) is 0 Å². The monoisotopic (exact) mass is 258 g/mol. The second kappa shape index (κ2) is 6.58. The zero-order valence-electron chi connectivity index (χ0n) is 10.9. The lowest BCUT2D eigenvalue weighted by Gasteiger charge is -2.38. The molecule has 2 amide bonds. The Labute approximate surface area is 107 Å². The number of aliphatic hydroxyl groups is 1. The zero-order chi connectivity index (χ0) is 13.7. The molecule has 0 aromatic carbocycles. The number of carbonyl (C=O) groups is 2. The summed E-state index contributed by atoms with van der Waals surface area (Å²) >= 11 is 0. The van der Waals surface area contributed by atoms with Crippen LogP contribution in [0.1, 0.15) is 39.5 Å². The third-order valence-corrected chi connectivity index (χ3v) is 3.41. The maximum absolute atomic E-state index is 12.0. The minimum atomic E-state index is -1.42. The van der Waals surface area contributed by atoms with Gasteiger partial charge in [0.2, 0.25) is 0 Å². The van der Waals surface area contributed by atoms with E-state index in [1.807, 2.05) is 13.8 Å². The first-order valence-corrected chi connectivity index (χ1v) is 6.40. The van der Waals surface area contributed by atoms with E-state index < -0.39 is 12.1 Å². The van der Waals surface area contributed by atoms with E-state index >= 15 is 0 Å². The number of carbonyl (C=O) groups excluding carboxylic acids is 1. The van der Waals surface area contributed by atoms with E-state index in [1.54, 1.807) is 4.90 Å². The van der Waals surface area contributed by atoms with Crippen LogP contribution < -0.4 is 5.32 Å². The smallest absolute Gasteiger partial charge is 0.332 e. The summed E-state index contributed by atoms with van der Waals surface area (Å²) in [7, 11) is 0. The van der Waals surface area contributed by atoms with Crippen LogP contribution in [0.4, 0.5) is 4.79 Å². The van der Waals surface area contributed by atoms with Gasteiger partial charge in [-0.3, -0.25) is 0 Å². The number of hydrogen-bond acceptors (Lipinski definition) is 3. The molecule has 1 heterocycles. The van der Waals surface area contributed by atoms with Gasteiger partial charge in [0.25, 0.3) is 0 Å². The molecule has 1 saturated heterocycles. The van der Waals surface area contributed by atoms with Crippen LogP contribution in [-0.2, 0) is 4.79 Å². The van der Waals surface area contributed by atoms with Crippen LogP contribution in [0.5, 0.6) is 0 Å². The number of amides is 2. The average Bonchev–Trinajstić information content (AvgIpc) is 2.28. The molecule has 0 radical (unpaired) electrons. The Morgan fingerprint density at radius 2 is 1.89 bits per heavy atom. The van der Waals surface area contributed by atoms with Crippen molar-refractivity contribution in [2.24, 2.45) is 0 Å². The van der Waals surface area contributed by atoms with Gasteiger partial charge in [-0.25, -0.2) is 9.59 Å². The second-order valence-corrected chi connectivity index (χ2v) is 4.91. The number of nitrogens with one attached hydrogen (secondary N) is 1. The zero-order valence-corrected chi connectivity index (χ0v) is 10.9. The molecule has 3 atom stereocenters. The summed E-state index contributed by atoms with van der Waals surface area (Å²) in [5.41, 5.74) is 0. The van der Waals surface area contributed by atoms with Gasteiger partial charge >= 0.3 is 12.0 Å². The van der Waals surface area contributed by atoms with Crippen LogP contribution in [0.15, 0.2) is 0 Å². The number of nitrogens with zero attached hydrogens (tertiary/aromatic N) is 1. The predicted molar refractivity (Wildman–Crippen MR) is 66.3 cm³/mol. The number of carboxylic acids is 1. The Balaban J connectivity index is 2.37. The number of aliphatic carboxylic acids is 1. The van der Waals surface area contributed by atoms with Crippen LogP contribution in [0.2, 0.25) is 0 Å². The molecule has 0 saturated carbocycles. The highest BCUT2D eigenvalue weighted by Gasteiger charge is 2.28. The third-order valence-electron chi connectivity index (χ3n) is 3.41. The number of hydrogen-bond donors (Lipinski definition) is 3. The average molecular weight is 258 g/mol. The molecule has 6 heteroatoms. The van der Waals surface area contributed by atoms with E-state index in [2.05, 4.69) is 5.32 Å². The Bertz CT molecular complexity index is 298. The molecule has 3 N–H and O–H groups in total. The molecule has 3 unspecified atom stereocenters. The van der Waals surface area contributed by atoms with Crippen molar-refractivity contribution >= 4 is 12.0 Å². The standard InChI is InChI=1S/C12H22N2O4/c1-8-4-3-5-9(2)14(8)12(18)13-7-6-10(15)11(16)17/h8-10,15H,3-7H2,1-2H3,(H,13,18)(H,16,17). The Morgan fingerprint density at radius 1 is 1.33 bits per heavy atom. The van der Waals surface area contributed by atoms with Crippen molar-refractivity contribution in [1.29, 1.82) is 0 Å². The first kappa shape index (κ1) is 14.8. The van der Waals surface area contributed by atoms with Crippen molar-refractivity contribution in [1.82, 2.24) is 10.2 Å². The molecule has 0 aliphatic carbocycles. The minimum absolute atomic E-state index is 0.0255. The van der Waals surface area contributed by atoms with Crippen LogP contribution in [0.25, 0.3) is 0 Å². The quantitative estimate of drug-likeness (QED) is 0.695. The molecule has 1 fully saturated rings. The summed E-state index contributed by atoms with van der Waals surface area (Å²) in [6.07, 6.45) is 1.73. The number of aliphatic hydroxyl groups excluding tert-OH is 1. The summed E-state index contributed by atoms with van der Waals surface area (Å²) in [5, 5.41) is 20.3. The minimum Gasteiger partial charge on any atom is -0.479 e. The van der Waals surface area contributed by atoms with Crippen molar-refractivity contribution in [2.75, 3.05) is 6.54 Å². The highest BCUT2D eigenvalue weighted by molar-refractivity contribution is 5.75. The Hall–Kier alpha value is -1.30. The first-order valence-electron chi connectivity index (χ1n) is 6.40. The lowest BCUT2D eigenvalue weighted by atomic mass is 9.98. The summed E-state index contributed by atoms with van der Waals surface area (Å²) in [6.45, 7) is 4.20. The molecular formula is C12H22N2O4. The second-order valence-electron chi connectivity index (χ2n) is 4.91. The van der Waals surface area contributed by atoms with Gasteiger partial charge in [0, 0.05) is 25.0 Å². The third kappa shape index (κ3) is 3.87. The normalized spacial score (nSPS) is 25.6. The highest BCUT2D eigenvalue weighted by Crippen LogP contribution is 2.22. The molecule has 0 aromatic rings. The largest absolute Gasteiger partial charge is 0.479 e. The van der Waals surface area contributed by atoms with E-state index in [0.29, 0.717) is 0 Å². The van der Waals surface area contributed by atoms with Crippen LogP contribution in [0.3, 0.4) is 0 Å². The van der Waals surface area contributed by atoms with Crippen molar-refractivity contribution in [3.05, 3.63) is 0 Å². The van der Waals surface area contributed by atoms with Gasteiger partial charge in [-0.15, -0.1) is 0 Å². The highest BCUT2D eigenvalue weighted by atomic mass is 16.4. The Morgan fingerprint density at radius 3 is 2.39 bits per heavy atom. The fraction of sp³-hybridized carbons (Fsp3) is 0.833. The van der Waals surface area contributed by atoms with Gasteiger partial charge in [0.05, 0.1) is 0 Å². The molecule has 0 bridgehead atoms. The van der Waals surface area contributed by atoms with Gasteiger partial charge in [0.15, 0.2) is 6.10 Å². The number of rotatable bonds is 4. The molecule has 18 heavy (non-hydrogen) atoms. The molecule has 0 aromatic heterocycles. The lowest BCUT2D eigenvalue weighted by Crippen LogP contribution is -2.52. The van der Waals surface area contributed by atoms with Gasteiger partial charge in [-0.2, -0.15) is 0 Å². The Kier molecular flexibility index (Phi) is 5.40. The summed E-state index contributed by atoms with van der Waals surface area (Å²) in [6, 6.07) is 0.239. The summed E-state index contributed by atoms with van der Waals surface area (Å²) in [5.74, 6) is -1.26. The van der Waals surface area contributed by atoms with Gasteiger partial charge in [-0.1, -0.05) is 0 Å². The molecule has 1 aliphatic rings. The van der Waals surface area contributed by atoms with Crippen LogP contribution >= 0.6 is 0 Å². The SMILES string of the molecule is CC1CCCC(C)N1C(=O)NCCC(O)C(=O)O. The first-order chi connectivity index (χ1) is 8.43. The van der Waals surface area contributed by atoms with Crippen molar-refractivity contribution in [3.8, 4) is 0 Å². The summed E-state index contributed by atoms with van der Waals surface area (Å²) < 4.78 is 0. The van der Waals surface area contributed by atoms with Crippen molar-refractivity contribution in [3.63, 3.8) is 0 Å². The van der Waals surface area contributed by atoms with E-state index in [4.69, 9.17) is 10.2 Å². The van der Waals surface area contributed by atoms with E-state index in [-0.39, 0.29) is 31.1 Å². The van der Waals surface area contributed by atoms with Gasteiger partial charge in [-0.05, 0) is 33.1 Å².